The molecule has 0 spiro atoms. The van der Waals surface area contributed by atoms with Crippen LogP contribution in [0.25, 0.3) is 11.5 Å². The maximum atomic E-state index is 12.2. The van der Waals surface area contributed by atoms with Crippen molar-refractivity contribution in [3.05, 3.63) is 57.6 Å². The van der Waals surface area contributed by atoms with Gasteiger partial charge >= 0.3 is 0 Å². The third kappa shape index (κ3) is 4.38. The van der Waals surface area contributed by atoms with Gasteiger partial charge in [0.05, 0.1) is 27.0 Å². The number of aryl methyl sites for hydroxylation is 2. The summed E-state index contributed by atoms with van der Waals surface area (Å²) in [5.41, 5.74) is 3.22. The van der Waals surface area contributed by atoms with Gasteiger partial charge < -0.3 is 9.73 Å². The number of rotatable bonds is 5. The van der Waals surface area contributed by atoms with E-state index in [1.807, 2.05) is 38.1 Å². The van der Waals surface area contributed by atoms with Crippen LogP contribution in [0, 0.1) is 13.8 Å². The second kappa shape index (κ2) is 8.12. The molecule has 134 valence electrons. The van der Waals surface area contributed by atoms with Crippen molar-refractivity contribution < 1.29 is 9.21 Å². The van der Waals surface area contributed by atoms with Crippen LogP contribution in [-0.2, 0) is 4.79 Å². The normalized spacial score (nSPS) is 10.8. The molecule has 26 heavy (non-hydrogen) atoms. The van der Waals surface area contributed by atoms with Crippen molar-refractivity contribution in [3.63, 3.8) is 0 Å². The standard InChI is InChI=1S/C18H15Cl2N3O2S/c1-10-7-11(2)16(14(20)8-10)21-15(24)9-26-18-23-22-17(25-18)12-5-3-4-6-13(12)19/h3-8H,9H2,1-2H3,(H,21,24). The predicted octanol–water partition coefficient (Wildman–Crippen LogP) is 5.39. The van der Waals surface area contributed by atoms with Crippen molar-refractivity contribution in [2.45, 2.75) is 19.1 Å². The molecule has 0 aliphatic rings. The van der Waals surface area contributed by atoms with Gasteiger partial charge in [0.15, 0.2) is 0 Å². The van der Waals surface area contributed by atoms with Crippen molar-refractivity contribution in [1.82, 2.24) is 10.2 Å². The monoisotopic (exact) mass is 407 g/mol. The average Bonchev–Trinajstić information content (AvgIpc) is 3.05. The number of benzene rings is 2. The third-order valence-corrected chi connectivity index (χ3v) is 4.98. The van der Waals surface area contributed by atoms with E-state index in [2.05, 4.69) is 15.5 Å². The first kappa shape index (κ1) is 18.8. The van der Waals surface area contributed by atoms with Crippen molar-refractivity contribution in [1.29, 1.82) is 0 Å². The first-order valence-corrected chi connectivity index (χ1v) is 9.46. The summed E-state index contributed by atoms with van der Waals surface area (Å²) in [6.07, 6.45) is 0. The summed E-state index contributed by atoms with van der Waals surface area (Å²) < 4.78 is 5.56. The van der Waals surface area contributed by atoms with Gasteiger partial charge in [-0.15, -0.1) is 10.2 Å². The van der Waals surface area contributed by atoms with Gasteiger partial charge in [0, 0.05) is 0 Å². The summed E-state index contributed by atoms with van der Waals surface area (Å²) in [6.45, 7) is 3.85. The zero-order valence-corrected chi connectivity index (χ0v) is 16.4. The lowest BCUT2D eigenvalue weighted by Crippen LogP contribution is -2.15. The molecule has 8 heteroatoms. The number of carbonyl (C=O) groups is 1. The van der Waals surface area contributed by atoms with E-state index in [0.717, 1.165) is 22.9 Å². The Morgan fingerprint density at radius 3 is 2.65 bits per heavy atom. The maximum Gasteiger partial charge on any atom is 0.277 e. The minimum absolute atomic E-state index is 0.119. The molecule has 1 heterocycles. The molecule has 5 nitrogen and oxygen atoms in total. The number of nitrogens with one attached hydrogen (secondary N) is 1. The summed E-state index contributed by atoms with van der Waals surface area (Å²) in [5.74, 6) is 0.227. The van der Waals surface area contributed by atoms with E-state index in [-0.39, 0.29) is 11.7 Å². The summed E-state index contributed by atoms with van der Waals surface area (Å²) in [6, 6.07) is 11.0. The lowest BCUT2D eigenvalue weighted by atomic mass is 10.1. The van der Waals surface area contributed by atoms with Gasteiger partial charge in [-0.2, -0.15) is 0 Å². The van der Waals surface area contributed by atoms with E-state index >= 15 is 0 Å². The topological polar surface area (TPSA) is 68.0 Å². The average molecular weight is 408 g/mol. The Morgan fingerprint density at radius 2 is 1.92 bits per heavy atom. The van der Waals surface area contributed by atoms with Gasteiger partial charge in [-0.3, -0.25) is 4.79 Å². The van der Waals surface area contributed by atoms with Crippen molar-refractivity contribution in [3.8, 4) is 11.5 Å². The fourth-order valence-electron chi connectivity index (χ4n) is 2.39. The smallest absolute Gasteiger partial charge is 0.277 e. The number of amides is 1. The molecule has 1 aromatic heterocycles. The van der Waals surface area contributed by atoms with Gasteiger partial charge in [0.1, 0.15) is 0 Å². The molecule has 0 radical (unpaired) electrons. The van der Waals surface area contributed by atoms with E-state index in [1.165, 1.54) is 0 Å². The van der Waals surface area contributed by atoms with Crippen LogP contribution in [0.1, 0.15) is 11.1 Å². The van der Waals surface area contributed by atoms with Crippen LogP contribution in [0.3, 0.4) is 0 Å². The molecule has 0 saturated heterocycles. The molecule has 0 atom stereocenters. The number of aromatic nitrogens is 2. The van der Waals surface area contributed by atoms with E-state index in [0.29, 0.717) is 32.4 Å². The molecule has 0 bridgehead atoms. The molecule has 3 rings (SSSR count). The van der Waals surface area contributed by atoms with Gasteiger partial charge in [-0.1, -0.05) is 53.2 Å². The Labute approximate surface area is 165 Å². The van der Waals surface area contributed by atoms with Crippen LogP contribution in [0.5, 0.6) is 0 Å². The number of carbonyl (C=O) groups excluding carboxylic acids is 1. The van der Waals surface area contributed by atoms with Gasteiger partial charge in [0.25, 0.3) is 5.22 Å². The van der Waals surface area contributed by atoms with Crippen LogP contribution in [-0.4, -0.2) is 21.9 Å². The lowest BCUT2D eigenvalue weighted by molar-refractivity contribution is -0.113. The first-order chi connectivity index (χ1) is 12.4. The molecule has 1 amide bonds. The number of hydrogen-bond acceptors (Lipinski definition) is 5. The highest BCUT2D eigenvalue weighted by molar-refractivity contribution is 7.99. The lowest BCUT2D eigenvalue weighted by Gasteiger charge is -2.11. The SMILES string of the molecule is Cc1cc(C)c(NC(=O)CSc2nnc(-c3ccccc3Cl)o2)c(Cl)c1. The fourth-order valence-corrected chi connectivity index (χ4v) is 3.54. The van der Waals surface area contributed by atoms with E-state index in [1.54, 1.807) is 12.1 Å². The molecular formula is C18H15Cl2N3O2S. The molecule has 1 N–H and O–H groups in total. The Hall–Kier alpha value is -2.02. The zero-order valence-electron chi connectivity index (χ0n) is 14.0. The van der Waals surface area contributed by atoms with Gasteiger partial charge in [-0.05, 0) is 43.2 Å². The van der Waals surface area contributed by atoms with Gasteiger partial charge in [-0.25, -0.2) is 0 Å². The molecule has 0 aliphatic carbocycles. The van der Waals surface area contributed by atoms with Crippen molar-refractivity contribution in [2.75, 3.05) is 11.1 Å². The summed E-state index contributed by atoms with van der Waals surface area (Å²) in [5, 5.41) is 12.1. The molecule has 2 aromatic carbocycles. The molecule has 0 saturated carbocycles. The summed E-state index contributed by atoms with van der Waals surface area (Å²) >= 11 is 13.5. The molecular weight excluding hydrogens is 393 g/mol. The quantitative estimate of drug-likeness (QED) is 0.574. The molecule has 3 aromatic rings. The summed E-state index contributed by atoms with van der Waals surface area (Å²) in [4.78, 5) is 12.2. The molecule has 0 unspecified atom stereocenters. The second-order valence-corrected chi connectivity index (χ2v) is 7.37. The number of anilines is 1. The number of halogens is 2. The van der Waals surface area contributed by atoms with E-state index in [9.17, 15) is 4.79 Å². The predicted molar refractivity (Wildman–Crippen MR) is 105 cm³/mol. The Morgan fingerprint density at radius 1 is 1.15 bits per heavy atom. The summed E-state index contributed by atoms with van der Waals surface area (Å²) in [7, 11) is 0. The molecule has 0 fully saturated rings. The highest BCUT2D eigenvalue weighted by atomic mass is 35.5. The number of thioether (sulfide) groups is 1. The number of nitrogens with zero attached hydrogens (tertiary/aromatic N) is 2. The largest absolute Gasteiger partial charge is 0.411 e. The van der Waals surface area contributed by atoms with Crippen molar-refractivity contribution in [2.24, 2.45) is 0 Å². The van der Waals surface area contributed by atoms with E-state index in [4.69, 9.17) is 27.6 Å². The molecule has 0 aliphatic heterocycles. The highest BCUT2D eigenvalue weighted by Crippen LogP contribution is 2.30. The third-order valence-electron chi connectivity index (χ3n) is 3.53. The highest BCUT2D eigenvalue weighted by Gasteiger charge is 2.14. The Balaban J connectivity index is 1.63. The van der Waals surface area contributed by atoms with Crippen LogP contribution >= 0.6 is 35.0 Å². The van der Waals surface area contributed by atoms with Crippen LogP contribution < -0.4 is 5.32 Å². The van der Waals surface area contributed by atoms with Crippen LogP contribution in [0.4, 0.5) is 5.69 Å². The van der Waals surface area contributed by atoms with Crippen LogP contribution in [0.2, 0.25) is 10.0 Å². The Kier molecular flexibility index (Phi) is 5.86. The number of hydrogen-bond donors (Lipinski definition) is 1. The van der Waals surface area contributed by atoms with Gasteiger partial charge in [0.2, 0.25) is 11.8 Å². The van der Waals surface area contributed by atoms with Crippen LogP contribution in [0.15, 0.2) is 46.0 Å². The maximum absolute atomic E-state index is 12.2. The van der Waals surface area contributed by atoms with Crippen molar-refractivity contribution >= 4 is 46.6 Å². The minimum atomic E-state index is -0.207. The second-order valence-electron chi connectivity index (χ2n) is 5.63. The fraction of sp³-hybridized carbons (Fsp3) is 0.167. The zero-order chi connectivity index (χ0) is 18.7. The Bertz CT molecular complexity index is 936. The first-order valence-electron chi connectivity index (χ1n) is 7.72. The van der Waals surface area contributed by atoms with E-state index < -0.39 is 0 Å². The minimum Gasteiger partial charge on any atom is -0.411 e.